The number of alkyl halides is 3. The van der Waals surface area contributed by atoms with E-state index in [2.05, 4.69) is 15.9 Å². The topological polar surface area (TPSA) is 0 Å². The van der Waals surface area contributed by atoms with Gasteiger partial charge in [0.05, 0.1) is 0 Å². The fourth-order valence-electron chi connectivity index (χ4n) is 1.71. The van der Waals surface area contributed by atoms with Gasteiger partial charge in [0.1, 0.15) is 0 Å². The van der Waals surface area contributed by atoms with Crippen molar-refractivity contribution in [1.29, 1.82) is 0 Å². The molecule has 0 aromatic rings. The van der Waals surface area contributed by atoms with Crippen LogP contribution in [0.2, 0.25) is 0 Å². The second kappa shape index (κ2) is 5.15. The molecule has 2 atom stereocenters. The Bertz CT molecular complexity index is 128. The van der Waals surface area contributed by atoms with Crippen molar-refractivity contribution >= 4 is 15.9 Å². The summed E-state index contributed by atoms with van der Waals surface area (Å²) < 4.78 is 24.7. The van der Waals surface area contributed by atoms with E-state index in [-0.39, 0.29) is 5.92 Å². The lowest BCUT2D eigenvalue weighted by atomic mass is 9.91. The first kappa shape index (κ1) is 10.4. The van der Waals surface area contributed by atoms with Crippen molar-refractivity contribution in [3.8, 4) is 0 Å². The molecule has 1 saturated carbocycles. The molecule has 72 valence electrons. The van der Waals surface area contributed by atoms with Gasteiger partial charge in [-0.25, -0.2) is 8.78 Å². The van der Waals surface area contributed by atoms with E-state index >= 15 is 0 Å². The smallest absolute Gasteiger partial charge is 0.210 e. The van der Waals surface area contributed by atoms with Crippen LogP contribution >= 0.6 is 15.9 Å². The molecule has 3 heteroatoms. The van der Waals surface area contributed by atoms with Crippen molar-refractivity contribution < 1.29 is 8.78 Å². The molecule has 0 aromatic carbocycles. The summed E-state index contributed by atoms with van der Waals surface area (Å²) in [6.07, 6.45) is 3.43. The Hall–Kier alpha value is 0.340. The predicted octanol–water partition coefficient (Wildman–Crippen LogP) is 3.99. The zero-order chi connectivity index (χ0) is 8.97. The third-order valence-corrected chi connectivity index (χ3v) is 3.46. The van der Waals surface area contributed by atoms with Crippen molar-refractivity contribution in [1.82, 2.24) is 0 Å². The molecular formula is C9H15BrF2. The monoisotopic (exact) mass is 240 g/mol. The van der Waals surface area contributed by atoms with E-state index in [4.69, 9.17) is 0 Å². The number of hydrogen-bond donors (Lipinski definition) is 0. The van der Waals surface area contributed by atoms with Crippen LogP contribution in [-0.4, -0.2) is 11.3 Å². The second-order valence-corrected chi connectivity index (χ2v) is 4.85. The average Bonchev–Trinajstić information content (AvgIpc) is 1.97. The SMILES string of the molecule is FC(F)C1CCCCC(Br)CC1. The van der Waals surface area contributed by atoms with Crippen LogP contribution in [0.25, 0.3) is 0 Å². The summed E-state index contributed by atoms with van der Waals surface area (Å²) >= 11 is 3.50. The Morgan fingerprint density at radius 2 is 1.67 bits per heavy atom. The molecule has 2 unspecified atom stereocenters. The molecule has 0 radical (unpaired) electrons. The number of hydrogen-bond acceptors (Lipinski definition) is 0. The van der Waals surface area contributed by atoms with Crippen LogP contribution in [0.5, 0.6) is 0 Å². The van der Waals surface area contributed by atoms with E-state index in [1.807, 2.05) is 0 Å². The summed E-state index contributed by atoms with van der Waals surface area (Å²) in [5, 5.41) is 0. The van der Waals surface area contributed by atoms with Gasteiger partial charge in [-0.15, -0.1) is 0 Å². The van der Waals surface area contributed by atoms with Gasteiger partial charge in [0.2, 0.25) is 6.43 Å². The first-order valence-electron chi connectivity index (χ1n) is 4.62. The molecule has 0 bridgehead atoms. The van der Waals surface area contributed by atoms with Gasteiger partial charge in [-0.05, 0) is 25.7 Å². The zero-order valence-electron chi connectivity index (χ0n) is 7.11. The molecule has 0 nitrogen and oxygen atoms in total. The van der Waals surface area contributed by atoms with Gasteiger partial charge in [0, 0.05) is 10.7 Å². The summed E-state index contributed by atoms with van der Waals surface area (Å²) in [5.41, 5.74) is 0. The van der Waals surface area contributed by atoms with Gasteiger partial charge in [0.15, 0.2) is 0 Å². The van der Waals surface area contributed by atoms with E-state index in [9.17, 15) is 8.78 Å². The highest BCUT2D eigenvalue weighted by Crippen LogP contribution is 2.29. The molecule has 0 spiro atoms. The Labute approximate surface area is 80.9 Å². The molecule has 0 aromatic heterocycles. The summed E-state index contributed by atoms with van der Waals surface area (Å²) in [7, 11) is 0. The van der Waals surface area contributed by atoms with E-state index < -0.39 is 6.43 Å². The summed E-state index contributed by atoms with van der Waals surface area (Å²) in [4.78, 5) is 0.471. The molecule has 0 aliphatic heterocycles. The van der Waals surface area contributed by atoms with Crippen LogP contribution in [0.4, 0.5) is 8.78 Å². The van der Waals surface area contributed by atoms with Gasteiger partial charge in [0.25, 0.3) is 0 Å². The second-order valence-electron chi connectivity index (χ2n) is 3.55. The molecular weight excluding hydrogens is 226 g/mol. The van der Waals surface area contributed by atoms with Crippen LogP contribution in [0.15, 0.2) is 0 Å². The van der Waals surface area contributed by atoms with E-state index in [1.54, 1.807) is 0 Å². The Balaban J connectivity index is 2.34. The van der Waals surface area contributed by atoms with E-state index in [1.165, 1.54) is 0 Å². The van der Waals surface area contributed by atoms with Crippen molar-refractivity contribution in [3.05, 3.63) is 0 Å². The largest absolute Gasteiger partial charge is 0.241 e. The normalized spacial score (nSPS) is 33.0. The Morgan fingerprint density at radius 1 is 1.00 bits per heavy atom. The van der Waals surface area contributed by atoms with Gasteiger partial charge in [-0.2, -0.15) is 0 Å². The van der Waals surface area contributed by atoms with E-state index in [0.29, 0.717) is 11.2 Å². The van der Waals surface area contributed by atoms with Crippen molar-refractivity contribution in [2.75, 3.05) is 0 Å². The van der Waals surface area contributed by atoms with Crippen LogP contribution in [0.1, 0.15) is 38.5 Å². The highest BCUT2D eigenvalue weighted by Gasteiger charge is 2.22. The standard InChI is InChI=1S/C9H15BrF2/c10-8-4-2-1-3-7(5-6-8)9(11)12/h7-9H,1-6H2. The van der Waals surface area contributed by atoms with Crippen molar-refractivity contribution in [3.63, 3.8) is 0 Å². The molecule has 1 rings (SSSR count). The van der Waals surface area contributed by atoms with Crippen LogP contribution < -0.4 is 0 Å². The van der Waals surface area contributed by atoms with Gasteiger partial charge < -0.3 is 0 Å². The van der Waals surface area contributed by atoms with Crippen LogP contribution in [0, 0.1) is 5.92 Å². The quantitative estimate of drug-likeness (QED) is 0.609. The first-order chi connectivity index (χ1) is 5.70. The zero-order valence-corrected chi connectivity index (χ0v) is 8.69. The molecule has 0 heterocycles. The minimum atomic E-state index is -2.11. The Morgan fingerprint density at radius 3 is 2.33 bits per heavy atom. The third-order valence-electron chi connectivity index (χ3n) is 2.55. The van der Waals surface area contributed by atoms with E-state index in [0.717, 1.165) is 32.1 Å². The molecule has 1 aliphatic carbocycles. The summed E-state index contributed by atoms with van der Waals surface area (Å²) in [6, 6.07) is 0. The highest BCUT2D eigenvalue weighted by atomic mass is 79.9. The maximum atomic E-state index is 12.3. The van der Waals surface area contributed by atoms with Crippen molar-refractivity contribution in [2.24, 2.45) is 5.92 Å². The first-order valence-corrected chi connectivity index (χ1v) is 5.54. The minimum absolute atomic E-state index is 0.342. The lowest BCUT2D eigenvalue weighted by molar-refractivity contribution is 0.0627. The van der Waals surface area contributed by atoms with Crippen LogP contribution in [-0.2, 0) is 0 Å². The van der Waals surface area contributed by atoms with Crippen molar-refractivity contribution in [2.45, 2.75) is 49.8 Å². The summed E-state index contributed by atoms with van der Waals surface area (Å²) in [5.74, 6) is -0.342. The molecule has 1 fully saturated rings. The number of halogens is 3. The lowest BCUT2D eigenvalue weighted by Gasteiger charge is -2.21. The molecule has 0 N–H and O–H groups in total. The number of rotatable bonds is 1. The maximum absolute atomic E-state index is 12.3. The maximum Gasteiger partial charge on any atom is 0.241 e. The van der Waals surface area contributed by atoms with Gasteiger partial charge in [-0.1, -0.05) is 28.8 Å². The fourth-order valence-corrected chi connectivity index (χ4v) is 2.30. The highest BCUT2D eigenvalue weighted by molar-refractivity contribution is 9.09. The fraction of sp³-hybridized carbons (Fsp3) is 1.00. The Kier molecular flexibility index (Phi) is 4.47. The third kappa shape index (κ3) is 3.38. The molecule has 0 amide bonds. The van der Waals surface area contributed by atoms with Gasteiger partial charge in [-0.3, -0.25) is 0 Å². The molecule has 0 saturated heterocycles. The average molecular weight is 241 g/mol. The van der Waals surface area contributed by atoms with Gasteiger partial charge >= 0.3 is 0 Å². The lowest BCUT2D eigenvalue weighted by Crippen LogP contribution is -2.15. The minimum Gasteiger partial charge on any atom is -0.210 e. The molecule has 12 heavy (non-hydrogen) atoms. The van der Waals surface area contributed by atoms with Crippen LogP contribution in [0.3, 0.4) is 0 Å². The molecule has 1 aliphatic rings. The summed E-state index contributed by atoms with van der Waals surface area (Å²) in [6.45, 7) is 0. The predicted molar refractivity (Wildman–Crippen MR) is 49.9 cm³/mol.